The van der Waals surface area contributed by atoms with Crippen molar-refractivity contribution in [2.75, 3.05) is 32.8 Å². The number of morpholine rings is 1. The molecule has 1 aromatic heterocycles. The van der Waals surface area contributed by atoms with Crippen LogP contribution in [0.3, 0.4) is 0 Å². The molecule has 0 spiro atoms. The highest BCUT2D eigenvalue weighted by Gasteiger charge is 2.32. The summed E-state index contributed by atoms with van der Waals surface area (Å²) in [6, 6.07) is 1.11. The lowest BCUT2D eigenvalue weighted by atomic mass is 10.0. The van der Waals surface area contributed by atoms with E-state index in [9.17, 15) is 14.7 Å². The Morgan fingerprint density at radius 2 is 2.04 bits per heavy atom. The molecular weight excluding hydrogens is 300 g/mol. The number of hydrogen-bond donors (Lipinski definition) is 1. The van der Waals surface area contributed by atoms with E-state index in [1.54, 1.807) is 0 Å². The Labute approximate surface area is 134 Å². The van der Waals surface area contributed by atoms with Crippen molar-refractivity contribution in [3.05, 3.63) is 28.3 Å². The van der Waals surface area contributed by atoms with Crippen LogP contribution in [0.1, 0.15) is 25.0 Å². The van der Waals surface area contributed by atoms with Crippen molar-refractivity contribution >= 4 is 5.91 Å². The predicted octanol–water partition coefficient (Wildman–Crippen LogP) is 0.559. The van der Waals surface area contributed by atoms with Crippen LogP contribution in [0.15, 0.2) is 21.5 Å². The molecule has 3 rings (SSSR count). The highest BCUT2D eigenvalue weighted by atomic mass is 16.5. The predicted molar refractivity (Wildman–Crippen MR) is 82.1 cm³/mol. The van der Waals surface area contributed by atoms with E-state index in [0.717, 1.165) is 32.1 Å². The molecule has 23 heavy (non-hydrogen) atoms. The number of piperidine rings is 1. The second-order valence-electron chi connectivity index (χ2n) is 6.02. The van der Waals surface area contributed by atoms with Gasteiger partial charge in [0.05, 0.1) is 25.8 Å². The lowest BCUT2D eigenvalue weighted by Crippen LogP contribution is -2.53. The summed E-state index contributed by atoms with van der Waals surface area (Å²) in [7, 11) is 0. The van der Waals surface area contributed by atoms with Gasteiger partial charge in [-0.25, -0.2) is 0 Å². The summed E-state index contributed by atoms with van der Waals surface area (Å²) in [6.45, 7) is 3.65. The summed E-state index contributed by atoms with van der Waals surface area (Å²) in [5, 5.41) is 9.27. The molecule has 0 bridgehead atoms. The monoisotopic (exact) mass is 322 g/mol. The molecule has 1 unspecified atom stereocenters. The van der Waals surface area contributed by atoms with E-state index in [1.807, 2.05) is 4.90 Å². The first kappa shape index (κ1) is 16.0. The SMILES string of the molecule is O=C(C1CCCCN1Cc1cc(=O)c(O)co1)N1CCOCC1. The third-order valence-corrected chi connectivity index (χ3v) is 4.45. The normalized spacial score (nSPS) is 23.0. The Hall–Kier alpha value is -1.86. The number of carbonyl (C=O) groups excluding carboxylic acids is 1. The molecule has 126 valence electrons. The first-order valence-electron chi connectivity index (χ1n) is 8.06. The van der Waals surface area contributed by atoms with Crippen LogP contribution in [0.5, 0.6) is 5.75 Å². The van der Waals surface area contributed by atoms with Crippen molar-refractivity contribution in [2.45, 2.75) is 31.8 Å². The highest BCUT2D eigenvalue weighted by molar-refractivity contribution is 5.82. The standard InChI is InChI=1S/C16H22N2O5/c19-14-9-12(23-11-15(14)20)10-18-4-2-1-3-13(18)16(21)17-5-7-22-8-6-17/h9,11,13,20H,1-8,10H2. The molecule has 7 nitrogen and oxygen atoms in total. The minimum absolute atomic E-state index is 0.133. The minimum atomic E-state index is -0.459. The summed E-state index contributed by atoms with van der Waals surface area (Å²) in [5.41, 5.74) is -0.459. The summed E-state index contributed by atoms with van der Waals surface area (Å²) >= 11 is 0. The Balaban J connectivity index is 1.71. The Bertz CT molecular complexity index is 609. The first-order valence-corrected chi connectivity index (χ1v) is 8.06. The van der Waals surface area contributed by atoms with Gasteiger partial charge < -0.3 is 19.2 Å². The number of carbonyl (C=O) groups is 1. The second-order valence-corrected chi connectivity index (χ2v) is 6.02. The zero-order valence-corrected chi connectivity index (χ0v) is 13.1. The lowest BCUT2D eigenvalue weighted by Gasteiger charge is -2.38. The van der Waals surface area contributed by atoms with E-state index >= 15 is 0 Å². The minimum Gasteiger partial charge on any atom is -0.502 e. The van der Waals surface area contributed by atoms with Crippen molar-refractivity contribution in [3.8, 4) is 5.75 Å². The van der Waals surface area contributed by atoms with Gasteiger partial charge in [0.15, 0.2) is 5.75 Å². The smallest absolute Gasteiger partial charge is 0.240 e. The Kier molecular flexibility index (Phi) is 4.97. The topological polar surface area (TPSA) is 83.2 Å². The van der Waals surface area contributed by atoms with E-state index in [0.29, 0.717) is 38.6 Å². The summed E-state index contributed by atoms with van der Waals surface area (Å²) < 4.78 is 10.6. The number of nitrogens with zero attached hydrogens (tertiary/aromatic N) is 2. The fourth-order valence-corrected chi connectivity index (χ4v) is 3.18. The Morgan fingerprint density at radius 1 is 1.26 bits per heavy atom. The Morgan fingerprint density at radius 3 is 2.78 bits per heavy atom. The van der Waals surface area contributed by atoms with Gasteiger partial charge in [-0.15, -0.1) is 0 Å². The average Bonchev–Trinajstić information content (AvgIpc) is 2.59. The van der Waals surface area contributed by atoms with Crippen molar-refractivity contribution < 1.29 is 19.1 Å². The molecule has 1 amide bonds. The largest absolute Gasteiger partial charge is 0.502 e. The van der Waals surface area contributed by atoms with Gasteiger partial charge in [-0.05, 0) is 19.4 Å². The lowest BCUT2D eigenvalue weighted by molar-refractivity contribution is -0.142. The number of ether oxygens (including phenoxy) is 1. The van der Waals surface area contributed by atoms with Crippen LogP contribution in [-0.2, 0) is 16.1 Å². The summed E-state index contributed by atoms with van der Waals surface area (Å²) in [6.07, 6.45) is 3.92. The number of likely N-dealkylation sites (tertiary alicyclic amines) is 1. The van der Waals surface area contributed by atoms with Crippen LogP contribution >= 0.6 is 0 Å². The van der Waals surface area contributed by atoms with Gasteiger partial charge in [-0.1, -0.05) is 6.42 Å². The van der Waals surface area contributed by atoms with Gasteiger partial charge in [0.25, 0.3) is 0 Å². The molecule has 2 aliphatic rings. The van der Waals surface area contributed by atoms with Crippen LogP contribution < -0.4 is 5.43 Å². The molecule has 7 heteroatoms. The molecule has 1 aromatic rings. The molecule has 2 aliphatic heterocycles. The quantitative estimate of drug-likeness (QED) is 0.875. The van der Waals surface area contributed by atoms with Gasteiger partial charge in [-0.2, -0.15) is 0 Å². The van der Waals surface area contributed by atoms with Crippen molar-refractivity contribution in [1.82, 2.24) is 9.80 Å². The first-order chi connectivity index (χ1) is 11.1. The van der Waals surface area contributed by atoms with Gasteiger partial charge >= 0.3 is 0 Å². The molecule has 2 saturated heterocycles. The molecule has 2 fully saturated rings. The number of aromatic hydroxyl groups is 1. The third-order valence-electron chi connectivity index (χ3n) is 4.45. The third kappa shape index (κ3) is 3.73. The van der Waals surface area contributed by atoms with Crippen molar-refractivity contribution in [1.29, 1.82) is 0 Å². The summed E-state index contributed by atoms with van der Waals surface area (Å²) in [4.78, 5) is 28.2. The fourth-order valence-electron chi connectivity index (χ4n) is 3.18. The molecule has 0 radical (unpaired) electrons. The highest BCUT2D eigenvalue weighted by Crippen LogP contribution is 2.22. The van der Waals surface area contributed by atoms with Crippen molar-refractivity contribution in [3.63, 3.8) is 0 Å². The molecular formula is C16H22N2O5. The van der Waals surface area contributed by atoms with Crippen molar-refractivity contribution in [2.24, 2.45) is 0 Å². The molecule has 1 atom stereocenters. The molecule has 1 N–H and O–H groups in total. The number of hydrogen-bond acceptors (Lipinski definition) is 6. The van der Waals surface area contributed by atoms with E-state index in [-0.39, 0.29) is 11.9 Å². The zero-order chi connectivity index (χ0) is 16.2. The number of rotatable bonds is 3. The van der Waals surface area contributed by atoms with Gasteiger partial charge in [0.2, 0.25) is 11.3 Å². The van der Waals surface area contributed by atoms with E-state index in [1.165, 1.54) is 6.07 Å². The molecule has 3 heterocycles. The maximum atomic E-state index is 12.8. The van der Waals surface area contributed by atoms with Gasteiger partial charge in [-0.3, -0.25) is 14.5 Å². The summed E-state index contributed by atoms with van der Waals surface area (Å²) in [5.74, 6) is 0.206. The molecule has 0 aromatic carbocycles. The molecule has 0 aliphatic carbocycles. The van der Waals surface area contributed by atoms with Gasteiger partial charge in [0, 0.05) is 19.2 Å². The second kappa shape index (κ2) is 7.14. The maximum Gasteiger partial charge on any atom is 0.240 e. The van der Waals surface area contributed by atoms with Gasteiger partial charge in [0.1, 0.15) is 12.0 Å². The van der Waals surface area contributed by atoms with E-state index in [2.05, 4.69) is 4.90 Å². The maximum absolute atomic E-state index is 12.8. The molecule has 0 saturated carbocycles. The fraction of sp³-hybridized carbons (Fsp3) is 0.625. The zero-order valence-electron chi connectivity index (χ0n) is 13.1. The van der Waals surface area contributed by atoms with Crippen LogP contribution in [0.25, 0.3) is 0 Å². The van der Waals surface area contributed by atoms with Crippen LogP contribution in [0.4, 0.5) is 0 Å². The van der Waals surface area contributed by atoms with E-state index in [4.69, 9.17) is 9.15 Å². The van der Waals surface area contributed by atoms with Crippen LogP contribution in [0.2, 0.25) is 0 Å². The average molecular weight is 322 g/mol. The van der Waals surface area contributed by atoms with Crippen LogP contribution in [0, 0.1) is 0 Å². The number of amides is 1. The van der Waals surface area contributed by atoms with E-state index < -0.39 is 11.2 Å². The van der Waals surface area contributed by atoms with Crippen LogP contribution in [-0.4, -0.2) is 59.7 Å².